The summed E-state index contributed by atoms with van der Waals surface area (Å²) in [5.74, 6) is -0.470. The van der Waals surface area contributed by atoms with E-state index in [2.05, 4.69) is 53.1 Å². The second-order valence-electron chi connectivity index (χ2n) is 12.2. The normalized spacial score (nSPS) is 14.2. The van der Waals surface area contributed by atoms with Gasteiger partial charge in [0.2, 0.25) is 17.5 Å². The van der Waals surface area contributed by atoms with E-state index < -0.39 is 20.2 Å². The van der Waals surface area contributed by atoms with E-state index in [-0.39, 0.29) is 11.6 Å². The third kappa shape index (κ3) is 6.75. The van der Waals surface area contributed by atoms with Gasteiger partial charge < -0.3 is 28.1 Å². The van der Waals surface area contributed by atoms with Gasteiger partial charge in [0.25, 0.3) is 0 Å². The fourth-order valence-electron chi connectivity index (χ4n) is 6.22. The van der Waals surface area contributed by atoms with Gasteiger partial charge in [-0.3, -0.25) is 0 Å². The van der Waals surface area contributed by atoms with Gasteiger partial charge in [0.1, 0.15) is 11.0 Å². The monoisotopic (exact) mass is 733 g/mol. The molecule has 2 aromatic heterocycles. The quantitative estimate of drug-likeness (QED) is 0.0949. The van der Waals surface area contributed by atoms with Crippen LogP contribution in [0.3, 0.4) is 0 Å². The third-order valence-corrected chi connectivity index (χ3v) is 9.48. The predicted molar refractivity (Wildman–Crippen MR) is 199 cm³/mol. The predicted octanol–water partition coefficient (Wildman–Crippen LogP) is 8.28. The number of nitrogens with zero attached hydrogens (tertiary/aromatic N) is 4. The largest absolute Gasteiger partial charge is 0.747 e. The molecule has 2 unspecified atom stereocenters. The number of aromatic nitrogens is 2. The summed E-state index contributed by atoms with van der Waals surface area (Å²) in [5, 5.41) is 2.84. The third-order valence-electron chi connectivity index (χ3n) is 9.14. The van der Waals surface area contributed by atoms with Crippen LogP contribution >= 0.6 is 8.25 Å². The van der Waals surface area contributed by atoms with Crippen molar-refractivity contribution in [3.05, 3.63) is 102 Å². The van der Waals surface area contributed by atoms with E-state index in [1.807, 2.05) is 36.4 Å². The fourth-order valence-corrected chi connectivity index (χ4v) is 6.57. The molecule has 0 spiro atoms. The SMILES string of the molecule is CCN1C=CN(C)C1C.COC(=O)c1ccc2oc(-c3ccc4cc5cccc(-c6nc7cc(C(=O)OC)ccc7o6)c5cc4c3O[P+](=O)O)nc2c1. The first-order valence-electron chi connectivity index (χ1n) is 16.6. The van der Waals surface area contributed by atoms with Crippen LogP contribution in [-0.4, -0.2) is 70.6 Å². The van der Waals surface area contributed by atoms with Crippen LogP contribution < -0.4 is 4.52 Å². The van der Waals surface area contributed by atoms with Crippen LogP contribution in [0.15, 0.2) is 100 Å². The molecule has 7 aromatic rings. The van der Waals surface area contributed by atoms with Crippen LogP contribution in [0.1, 0.15) is 34.6 Å². The second kappa shape index (κ2) is 14.4. The summed E-state index contributed by atoms with van der Waals surface area (Å²) in [5.41, 5.74) is 3.40. The van der Waals surface area contributed by atoms with Crippen LogP contribution in [-0.2, 0) is 14.0 Å². The van der Waals surface area contributed by atoms with Crippen LogP contribution in [0, 0.1) is 0 Å². The lowest BCUT2D eigenvalue weighted by Crippen LogP contribution is -2.33. The number of ether oxygens (including phenoxy) is 2. The molecule has 0 saturated carbocycles. The van der Waals surface area contributed by atoms with Gasteiger partial charge in [0.15, 0.2) is 11.2 Å². The van der Waals surface area contributed by atoms with Crippen molar-refractivity contribution in [2.75, 3.05) is 27.8 Å². The van der Waals surface area contributed by atoms with Crippen molar-refractivity contribution in [2.24, 2.45) is 0 Å². The second-order valence-corrected chi connectivity index (χ2v) is 12.8. The molecular formula is C39H34N4O9P+. The lowest BCUT2D eigenvalue weighted by molar-refractivity contribution is 0.0592. The van der Waals surface area contributed by atoms with Gasteiger partial charge in [-0.25, -0.2) is 24.1 Å². The van der Waals surface area contributed by atoms with Gasteiger partial charge in [-0.05, 0) is 90.7 Å². The molecule has 5 aromatic carbocycles. The minimum Gasteiger partial charge on any atom is -0.465 e. The lowest BCUT2D eigenvalue weighted by atomic mass is 9.97. The van der Waals surface area contributed by atoms with Crippen LogP contribution in [0.25, 0.3) is 66.7 Å². The first-order chi connectivity index (χ1) is 25.6. The Balaban J connectivity index is 0.000000425. The maximum atomic E-state index is 12.0. The highest BCUT2D eigenvalue weighted by molar-refractivity contribution is 7.32. The molecule has 0 aliphatic carbocycles. The van der Waals surface area contributed by atoms with Crippen LogP contribution in [0.2, 0.25) is 0 Å². The smallest absolute Gasteiger partial charge is 0.465 e. The summed E-state index contributed by atoms with van der Waals surface area (Å²) in [6.45, 7) is 5.46. The maximum absolute atomic E-state index is 12.0. The van der Waals surface area contributed by atoms with E-state index >= 15 is 0 Å². The topological polar surface area (TPSA) is 158 Å². The lowest BCUT2D eigenvalue weighted by Gasteiger charge is -2.25. The number of carbonyl (C=O) groups excluding carboxylic acids is 2. The molecule has 0 radical (unpaired) electrons. The summed E-state index contributed by atoms with van der Waals surface area (Å²) < 4.78 is 39.2. The molecule has 0 fully saturated rings. The van der Waals surface area contributed by atoms with Crippen molar-refractivity contribution >= 4 is 63.9 Å². The van der Waals surface area contributed by atoms with Crippen LogP contribution in [0.5, 0.6) is 5.75 Å². The summed E-state index contributed by atoms with van der Waals surface area (Å²) in [6, 6.07) is 22.5. The van der Waals surface area contributed by atoms with Crippen molar-refractivity contribution in [3.63, 3.8) is 0 Å². The van der Waals surface area contributed by atoms with Gasteiger partial charge in [0.05, 0.1) is 37.1 Å². The van der Waals surface area contributed by atoms with Crippen molar-refractivity contribution in [1.82, 2.24) is 19.8 Å². The number of methoxy groups -OCH3 is 2. The van der Waals surface area contributed by atoms with Crippen molar-refractivity contribution in [3.8, 4) is 28.7 Å². The number of hydrogen-bond acceptors (Lipinski definition) is 12. The zero-order valence-corrected chi connectivity index (χ0v) is 30.3. The van der Waals surface area contributed by atoms with E-state index in [1.165, 1.54) is 20.3 Å². The fraction of sp³-hybridized carbons (Fsp3) is 0.179. The Morgan fingerprint density at radius 3 is 1.92 bits per heavy atom. The summed E-state index contributed by atoms with van der Waals surface area (Å²) in [7, 11) is 1.63. The molecule has 8 rings (SSSR count). The van der Waals surface area contributed by atoms with Crippen molar-refractivity contribution in [2.45, 2.75) is 20.0 Å². The number of fused-ring (bicyclic) bond motifs is 4. The molecular weight excluding hydrogens is 699 g/mol. The highest BCUT2D eigenvalue weighted by Crippen LogP contribution is 2.43. The molecule has 2 atom stereocenters. The summed E-state index contributed by atoms with van der Waals surface area (Å²) >= 11 is 0. The number of benzene rings is 5. The molecule has 268 valence electrons. The molecule has 1 aliphatic heterocycles. The van der Waals surface area contributed by atoms with E-state index in [0.717, 1.165) is 22.7 Å². The van der Waals surface area contributed by atoms with E-state index in [0.29, 0.717) is 61.9 Å². The average Bonchev–Trinajstić information content (AvgIpc) is 3.88. The standard InChI is InChI=1S/C32H19N2O9P.C7H14N2/c1-39-31(35)18-7-10-26-24(13-18)33-29(41-26)20-5-3-4-16-12-17-6-9-21(28(43-44(37)38)23(17)15-22(16)20)30-34-25-14-19(32(36)40-2)8-11-27(25)42-30;1-4-9-6-5-8(3)7(9)2/h3-15H,1-2H3;5-7H,4H2,1-3H3/p+1. The minimum atomic E-state index is -3.06. The number of rotatable bonds is 7. The molecule has 3 heterocycles. The Morgan fingerprint density at radius 1 is 0.792 bits per heavy atom. The van der Waals surface area contributed by atoms with Crippen molar-refractivity contribution < 1.29 is 41.9 Å². The first-order valence-corrected chi connectivity index (χ1v) is 17.7. The Morgan fingerprint density at radius 2 is 1.40 bits per heavy atom. The number of esters is 2. The molecule has 14 heteroatoms. The zero-order chi connectivity index (χ0) is 37.4. The van der Waals surface area contributed by atoms with Gasteiger partial charge in [-0.2, -0.15) is 0 Å². The highest BCUT2D eigenvalue weighted by atomic mass is 31.1. The van der Waals surface area contributed by atoms with Crippen LogP contribution in [0.4, 0.5) is 0 Å². The van der Waals surface area contributed by atoms with Crippen molar-refractivity contribution in [1.29, 1.82) is 0 Å². The molecule has 0 bridgehead atoms. The molecule has 0 amide bonds. The number of hydrogen-bond donors (Lipinski definition) is 1. The molecule has 13 nitrogen and oxygen atoms in total. The van der Waals surface area contributed by atoms with E-state index in [1.54, 1.807) is 36.4 Å². The summed E-state index contributed by atoms with van der Waals surface area (Å²) in [4.78, 5) is 47.5. The Bertz CT molecular complexity index is 2600. The van der Waals surface area contributed by atoms with Gasteiger partial charge in [-0.15, -0.1) is 4.89 Å². The zero-order valence-electron chi connectivity index (χ0n) is 29.4. The first kappa shape index (κ1) is 35.1. The van der Waals surface area contributed by atoms with Gasteiger partial charge >= 0.3 is 20.2 Å². The Kier molecular flexibility index (Phi) is 9.53. The number of carbonyl (C=O) groups is 2. The molecule has 1 aliphatic rings. The minimum absolute atomic E-state index is 0.0860. The summed E-state index contributed by atoms with van der Waals surface area (Å²) in [6.07, 6.45) is 4.79. The van der Waals surface area contributed by atoms with Gasteiger partial charge in [-0.1, -0.05) is 18.2 Å². The molecule has 53 heavy (non-hydrogen) atoms. The Labute approximate surface area is 303 Å². The van der Waals surface area contributed by atoms with E-state index in [9.17, 15) is 19.0 Å². The van der Waals surface area contributed by atoms with Gasteiger partial charge in [0, 0.05) is 41.5 Å². The number of oxazole rings is 2. The maximum Gasteiger partial charge on any atom is 0.747 e. The Hall–Kier alpha value is -6.30. The average molecular weight is 734 g/mol. The molecule has 1 N–H and O–H groups in total. The highest BCUT2D eigenvalue weighted by Gasteiger charge is 2.26. The van der Waals surface area contributed by atoms with E-state index in [4.69, 9.17) is 22.8 Å². The molecule has 0 saturated heterocycles.